The van der Waals surface area contributed by atoms with E-state index in [0.29, 0.717) is 10.3 Å². The van der Waals surface area contributed by atoms with E-state index in [1.54, 1.807) is 4.68 Å². The van der Waals surface area contributed by atoms with Crippen LogP contribution in [0.15, 0.2) is 91.4 Å². The van der Waals surface area contributed by atoms with Gasteiger partial charge in [-0.2, -0.15) is 9.83 Å². The fraction of sp³-hybridized carbons (Fsp3) is 0.0455. The van der Waals surface area contributed by atoms with Crippen molar-refractivity contribution in [2.75, 3.05) is 0 Å². The van der Waals surface area contributed by atoms with Gasteiger partial charge in [-0.15, -0.1) is 0 Å². The van der Waals surface area contributed by atoms with Crippen LogP contribution in [0.3, 0.4) is 0 Å². The zero-order valence-electron chi connectivity index (χ0n) is 14.9. The van der Waals surface area contributed by atoms with E-state index in [-0.39, 0.29) is 6.61 Å². The molecule has 4 aromatic rings. The third kappa shape index (κ3) is 3.76. The molecule has 0 aliphatic heterocycles. The Bertz CT molecular complexity index is 1080. The van der Waals surface area contributed by atoms with Crippen molar-refractivity contribution in [3.05, 3.63) is 108 Å². The molecule has 2 aromatic carbocycles. The lowest BCUT2D eigenvalue weighted by Crippen LogP contribution is -2.24. The van der Waals surface area contributed by atoms with Crippen LogP contribution in [0.1, 0.15) is 15.9 Å². The fourth-order valence-corrected chi connectivity index (χ4v) is 2.84. The van der Waals surface area contributed by atoms with Crippen molar-refractivity contribution in [2.45, 2.75) is 6.61 Å². The Hall–Kier alpha value is -3.93. The van der Waals surface area contributed by atoms with Gasteiger partial charge in [-0.25, -0.2) is 9.48 Å². The number of nitrogens with zero attached hydrogens (tertiary/aromatic N) is 3. The van der Waals surface area contributed by atoms with Gasteiger partial charge in [0.2, 0.25) is 0 Å². The first-order valence-electron chi connectivity index (χ1n) is 8.76. The van der Waals surface area contributed by atoms with Crippen LogP contribution >= 0.6 is 0 Å². The zero-order valence-corrected chi connectivity index (χ0v) is 14.9. The number of ether oxygens (including phenoxy) is 1. The van der Waals surface area contributed by atoms with Crippen molar-refractivity contribution in [1.29, 1.82) is 0 Å². The van der Waals surface area contributed by atoms with Gasteiger partial charge in [-0.3, -0.25) is 0 Å². The molecule has 138 valence electrons. The normalized spacial score (nSPS) is 10.6. The van der Waals surface area contributed by atoms with Gasteiger partial charge in [0.05, 0.1) is 16.9 Å². The fourth-order valence-electron chi connectivity index (χ4n) is 2.84. The number of pyridine rings is 1. The van der Waals surface area contributed by atoms with Gasteiger partial charge in [-0.1, -0.05) is 48.5 Å². The predicted molar refractivity (Wildman–Crippen MR) is 104 cm³/mol. The summed E-state index contributed by atoms with van der Waals surface area (Å²) in [7, 11) is 0. The molecule has 0 unspecified atom stereocenters. The summed E-state index contributed by atoms with van der Waals surface area (Å²) in [6, 6.07) is 22.4. The lowest BCUT2D eigenvalue weighted by molar-refractivity contribution is -0.605. The van der Waals surface area contributed by atoms with E-state index in [0.717, 1.165) is 22.5 Å². The second-order valence-electron chi connectivity index (χ2n) is 6.17. The van der Waals surface area contributed by atoms with Crippen LogP contribution in [0, 0.1) is 5.21 Å². The van der Waals surface area contributed by atoms with E-state index in [2.05, 4.69) is 0 Å². The van der Waals surface area contributed by atoms with Crippen LogP contribution in [0.2, 0.25) is 0 Å². The maximum absolute atomic E-state index is 12.3. The molecule has 0 saturated carbocycles. The molecule has 4 rings (SSSR count). The molecule has 0 atom stereocenters. The van der Waals surface area contributed by atoms with Crippen LogP contribution in [-0.2, 0) is 11.3 Å². The van der Waals surface area contributed by atoms with E-state index < -0.39 is 5.97 Å². The average molecular weight is 371 g/mol. The van der Waals surface area contributed by atoms with E-state index >= 15 is 0 Å². The number of carbonyl (C=O) groups is 1. The maximum atomic E-state index is 12.3. The number of para-hydroxylation sites is 1. The standard InChI is InChI=1S/C22H17N3O3/c26-22(18-11-13-24(27)14-12-18)28-16-19-15-25(20-9-5-2-6-10-20)23-21(19)17-7-3-1-4-8-17/h1-15H,16H2. The number of hydrogen-bond donors (Lipinski definition) is 0. The van der Waals surface area contributed by atoms with Crippen LogP contribution in [0.25, 0.3) is 16.9 Å². The number of rotatable bonds is 5. The van der Waals surface area contributed by atoms with E-state index in [4.69, 9.17) is 9.84 Å². The zero-order chi connectivity index (χ0) is 19.3. The first kappa shape index (κ1) is 17.5. The second kappa shape index (κ2) is 7.75. The Balaban J connectivity index is 1.62. The predicted octanol–water partition coefficient (Wildman–Crippen LogP) is 3.53. The summed E-state index contributed by atoms with van der Waals surface area (Å²) >= 11 is 0. The molecule has 28 heavy (non-hydrogen) atoms. The monoisotopic (exact) mass is 371 g/mol. The van der Waals surface area contributed by atoms with Crippen LogP contribution in [-0.4, -0.2) is 15.7 Å². The van der Waals surface area contributed by atoms with Gasteiger partial charge >= 0.3 is 5.97 Å². The molecule has 2 heterocycles. The third-order valence-corrected chi connectivity index (χ3v) is 4.25. The molecule has 0 spiro atoms. The lowest BCUT2D eigenvalue weighted by atomic mass is 10.1. The van der Waals surface area contributed by atoms with Crippen molar-refractivity contribution in [3.63, 3.8) is 0 Å². The van der Waals surface area contributed by atoms with Crippen molar-refractivity contribution >= 4 is 5.97 Å². The highest BCUT2D eigenvalue weighted by atomic mass is 16.5. The Morgan fingerprint density at radius 1 is 0.964 bits per heavy atom. The first-order valence-corrected chi connectivity index (χ1v) is 8.76. The molecule has 0 N–H and O–H groups in total. The van der Waals surface area contributed by atoms with Gasteiger partial charge in [0.25, 0.3) is 0 Å². The molecule has 0 radical (unpaired) electrons. The van der Waals surface area contributed by atoms with E-state index in [1.807, 2.05) is 66.9 Å². The first-order chi connectivity index (χ1) is 13.7. The molecule has 0 saturated heterocycles. The Labute approximate surface area is 161 Å². The van der Waals surface area contributed by atoms with E-state index in [1.165, 1.54) is 24.5 Å². The lowest BCUT2D eigenvalue weighted by Gasteiger charge is -2.05. The third-order valence-electron chi connectivity index (χ3n) is 4.25. The summed E-state index contributed by atoms with van der Waals surface area (Å²) < 4.78 is 7.85. The summed E-state index contributed by atoms with van der Waals surface area (Å²) in [5.41, 5.74) is 3.72. The van der Waals surface area contributed by atoms with Gasteiger partial charge < -0.3 is 9.94 Å². The molecule has 2 aromatic heterocycles. The van der Waals surface area contributed by atoms with Gasteiger partial charge in [-0.05, 0) is 12.1 Å². The summed E-state index contributed by atoms with van der Waals surface area (Å²) in [5.74, 6) is -0.493. The highest BCUT2D eigenvalue weighted by molar-refractivity contribution is 5.89. The molecular weight excluding hydrogens is 354 g/mol. The molecule has 0 bridgehead atoms. The average Bonchev–Trinajstić information content (AvgIpc) is 3.18. The van der Waals surface area contributed by atoms with E-state index in [9.17, 15) is 10.0 Å². The summed E-state index contributed by atoms with van der Waals surface area (Å²) in [6.07, 6.45) is 4.39. The molecule has 0 fully saturated rings. The minimum Gasteiger partial charge on any atom is -0.619 e. The van der Waals surface area contributed by atoms with Crippen LogP contribution in [0.4, 0.5) is 0 Å². The number of esters is 1. The largest absolute Gasteiger partial charge is 0.619 e. The summed E-state index contributed by atoms with van der Waals surface area (Å²) in [4.78, 5) is 12.3. The van der Waals surface area contributed by atoms with Crippen molar-refractivity contribution < 1.29 is 14.3 Å². The topological polar surface area (TPSA) is 71.1 Å². The molecule has 0 aliphatic rings. The van der Waals surface area contributed by atoms with Crippen molar-refractivity contribution in [3.8, 4) is 16.9 Å². The van der Waals surface area contributed by atoms with Gasteiger partial charge in [0.1, 0.15) is 6.61 Å². The highest BCUT2D eigenvalue weighted by Gasteiger charge is 2.15. The molecule has 6 nitrogen and oxygen atoms in total. The van der Waals surface area contributed by atoms with Crippen molar-refractivity contribution in [2.24, 2.45) is 0 Å². The molecule has 6 heteroatoms. The molecular formula is C22H17N3O3. The molecule has 0 aliphatic carbocycles. The number of hydrogen-bond acceptors (Lipinski definition) is 4. The number of benzene rings is 2. The SMILES string of the molecule is O=C(OCc1cn(-c2ccccc2)nc1-c1ccccc1)c1cc[n+]([O-])cc1. The second-order valence-corrected chi connectivity index (χ2v) is 6.17. The van der Waals surface area contributed by atoms with Crippen LogP contribution < -0.4 is 4.73 Å². The summed E-state index contributed by atoms with van der Waals surface area (Å²) in [5, 5.41) is 15.8. The highest BCUT2D eigenvalue weighted by Crippen LogP contribution is 2.24. The minimum absolute atomic E-state index is 0.0716. The minimum atomic E-state index is -0.493. The Morgan fingerprint density at radius 2 is 1.61 bits per heavy atom. The van der Waals surface area contributed by atoms with Gasteiger partial charge in [0.15, 0.2) is 12.4 Å². The van der Waals surface area contributed by atoms with Gasteiger partial charge in [0, 0.05) is 29.5 Å². The smallest absolute Gasteiger partial charge is 0.338 e. The maximum Gasteiger partial charge on any atom is 0.338 e. The Kier molecular flexibility index (Phi) is 4.84. The molecule has 0 amide bonds. The quantitative estimate of drug-likeness (QED) is 0.306. The Morgan fingerprint density at radius 3 is 2.29 bits per heavy atom. The van der Waals surface area contributed by atoms with Crippen LogP contribution in [0.5, 0.6) is 0 Å². The summed E-state index contributed by atoms with van der Waals surface area (Å²) in [6.45, 7) is 0.0716. The number of carbonyl (C=O) groups excluding carboxylic acids is 1. The van der Waals surface area contributed by atoms with Crippen molar-refractivity contribution in [1.82, 2.24) is 9.78 Å². The number of aromatic nitrogens is 3.